The molecule has 4 heteroatoms. The van der Waals surface area contributed by atoms with Crippen LogP contribution in [-0.2, 0) is 0 Å². The normalized spacial score (nSPS) is 10.7. The van der Waals surface area contributed by atoms with Crippen LogP contribution in [0.4, 0.5) is 11.4 Å². The van der Waals surface area contributed by atoms with E-state index in [1.165, 1.54) is 12.1 Å². The smallest absolute Gasteiger partial charge is 0.269 e. The number of benzene rings is 2. The van der Waals surface area contributed by atoms with Gasteiger partial charge in [0.1, 0.15) is 0 Å². The van der Waals surface area contributed by atoms with Crippen molar-refractivity contribution >= 4 is 23.5 Å². The lowest BCUT2D eigenvalue weighted by atomic mass is 10.1. The summed E-state index contributed by atoms with van der Waals surface area (Å²) in [6, 6.07) is 14.6. The highest BCUT2D eigenvalue weighted by molar-refractivity contribution is 5.77. The summed E-state index contributed by atoms with van der Waals surface area (Å²) in [6.45, 7) is 0. The number of hydrogen-bond acceptors (Lipinski definition) is 3. The molecule has 0 aliphatic heterocycles. The van der Waals surface area contributed by atoms with Gasteiger partial charge < -0.3 is 4.90 Å². The number of hydrogen-bond donors (Lipinski definition) is 0. The number of non-ortho nitro benzene ring substituents is 1. The van der Waals surface area contributed by atoms with Gasteiger partial charge in [-0.15, -0.1) is 0 Å². The van der Waals surface area contributed by atoms with Gasteiger partial charge in [-0.2, -0.15) is 0 Å². The van der Waals surface area contributed by atoms with Crippen LogP contribution < -0.4 is 4.90 Å². The van der Waals surface area contributed by atoms with Gasteiger partial charge in [0, 0.05) is 31.9 Å². The van der Waals surface area contributed by atoms with Crippen molar-refractivity contribution in [3.8, 4) is 0 Å². The molecule has 2 aromatic rings. The fourth-order valence-electron chi connectivity index (χ4n) is 1.93. The molecular weight excluding hydrogens is 252 g/mol. The summed E-state index contributed by atoms with van der Waals surface area (Å²) >= 11 is 0. The minimum Gasteiger partial charge on any atom is -0.377 e. The van der Waals surface area contributed by atoms with Gasteiger partial charge in [0.05, 0.1) is 4.92 Å². The van der Waals surface area contributed by atoms with Crippen molar-refractivity contribution < 1.29 is 4.92 Å². The molecule has 2 aromatic carbocycles. The van der Waals surface area contributed by atoms with E-state index in [1.54, 1.807) is 12.1 Å². The van der Waals surface area contributed by atoms with Crippen LogP contribution in [0, 0.1) is 10.1 Å². The molecular formula is C16H16N2O2. The quantitative estimate of drug-likeness (QED) is 0.481. The predicted octanol–water partition coefficient (Wildman–Crippen LogP) is 3.83. The summed E-state index contributed by atoms with van der Waals surface area (Å²) in [5.74, 6) is 0. The predicted molar refractivity (Wildman–Crippen MR) is 82.8 cm³/mol. The minimum atomic E-state index is -0.394. The zero-order valence-electron chi connectivity index (χ0n) is 11.5. The second kappa shape index (κ2) is 6.02. The number of nitro groups is 1. The van der Waals surface area contributed by atoms with Crippen molar-refractivity contribution in [3.05, 3.63) is 69.8 Å². The first kappa shape index (κ1) is 13.8. The van der Waals surface area contributed by atoms with E-state index in [0.717, 1.165) is 16.8 Å². The highest BCUT2D eigenvalue weighted by Gasteiger charge is 2.03. The van der Waals surface area contributed by atoms with E-state index in [-0.39, 0.29) is 5.69 Å². The van der Waals surface area contributed by atoms with Crippen molar-refractivity contribution in [2.24, 2.45) is 0 Å². The van der Waals surface area contributed by atoms with E-state index in [2.05, 4.69) is 11.0 Å². The lowest BCUT2D eigenvalue weighted by Gasteiger charge is -2.15. The maximum atomic E-state index is 10.6. The first-order valence-electron chi connectivity index (χ1n) is 6.27. The van der Waals surface area contributed by atoms with E-state index in [1.807, 2.05) is 44.4 Å². The zero-order valence-corrected chi connectivity index (χ0v) is 11.5. The number of anilines is 1. The van der Waals surface area contributed by atoms with Crippen LogP contribution in [0.3, 0.4) is 0 Å². The molecule has 0 radical (unpaired) electrons. The van der Waals surface area contributed by atoms with E-state index in [0.29, 0.717) is 0 Å². The highest BCUT2D eigenvalue weighted by atomic mass is 16.6. The third kappa shape index (κ3) is 3.23. The summed E-state index contributed by atoms with van der Waals surface area (Å²) in [7, 11) is 4.00. The molecule has 4 nitrogen and oxygen atoms in total. The van der Waals surface area contributed by atoms with Crippen LogP contribution in [0.2, 0.25) is 0 Å². The highest BCUT2D eigenvalue weighted by Crippen LogP contribution is 2.21. The molecule has 20 heavy (non-hydrogen) atoms. The maximum Gasteiger partial charge on any atom is 0.269 e. The summed E-state index contributed by atoms with van der Waals surface area (Å²) in [5, 5.41) is 10.6. The minimum absolute atomic E-state index is 0.107. The Labute approximate surface area is 118 Å². The second-order valence-corrected chi connectivity index (χ2v) is 4.64. The standard InChI is InChI=1S/C16H16N2O2/c1-17(2)16-6-4-3-5-14(16)10-7-13-8-11-15(12-9-13)18(19)20/h3-12H,1-2H3/b10-7+. The molecule has 0 bridgehead atoms. The van der Waals surface area contributed by atoms with Crippen molar-refractivity contribution in [1.29, 1.82) is 0 Å². The molecule has 0 atom stereocenters. The van der Waals surface area contributed by atoms with E-state index in [9.17, 15) is 10.1 Å². The van der Waals surface area contributed by atoms with Gasteiger partial charge in [-0.1, -0.05) is 30.4 Å². The zero-order chi connectivity index (χ0) is 14.5. The molecule has 0 spiro atoms. The number of nitro benzene ring substituents is 1. The van der Waals surface area contributed by atoms with Gasteiger partial charge in [-0.3, -0.25) is 10.1 Å². The van der Waals surface area contributed by atoms with E-state index in [4.69, 9.17) is 0 Å². The fourth-order valence-corrected chi connectivity index (χ4v) is 1.93. The molecule has 0 heterocycles. The van der Waals surface area contributed by atoms with E-state index < -0.39 is 4.92 Å². The van der Waals surface area contributed by atoms with Gasteiger partial charge in [0.25, 0.3) is 5.69 Å². The average molecular weight is 268 g/mol. The molecule has 0 aliphatic rings. The van der Waals surface area contributed by atoms with Crippen molar-refractivity contribution in [2.75, 3.05) is 19.0 Å². The fraction of sp³-hybridized carbons (Fsp3) is 0.125. The third-order valence-corrected chi connectivity index (χ3v) is 2.98. The molecule has 0 saturated carbocycles. The number of para-hydroxylation sites is 1. The second-order valence-electron chi connectivity index (χ2n) is 4.64. The molecule has 0 saturated heterocycles. The molecule has 0 N–H and O–H groups in total. The van der Waals surface area contributed by atoms with Gasteiger partial charge in [-0.05, 0) is 29.3 Å². The molecule has 0 aliphatic carbocycles. The average Bonchev–Trinajstić information content (AvgIpc) is 2.45. The lowest BCUT2D eigenvalue weighted by Crippen LogP contribution is -2.09. The van der Waals surface area contributed by atoms with Crippen LogP contribution >= 0.6 is 0 Å². The topological polar surface area (TPSA) is 46.4 Å². The monoisotopic (exact) mass is 268 g/mol. The Kier molecular flexibility index (Phi) is 4.15. The van der Waals surface area contributed by atoms with Crippen LogP contribution in [0.1, 0.15) is 11.1 Å². The summed E-state index contributed by atoms with van der Waals surface area (Å²) in [4.78, 5) is 12.3. The summed E-state index contributed by atoms with van der Waals surface area (Å²) in [6.07, 6.45) is 3.96. The molecule has 2 rings (SSSR count). The van der Waals surface area contributed by atoms with Crippen LogP contribution in [0.25, 0.3) is 12.2 Å². The third-order valence-electron chi connectivity index (χ3n) is 2.98. The van der Waals surface area contributed by atoms with Crippen molar-refractivity contribution in [1.82, 2.24) is 0 Å². The SMILES string of the molecule is CN(C)c1ccccc1/C=C/c1ccc([N+](=O)[O-])cc1. The molecule has 0 unspecified atom stereocenters. The Morgan fingerprint density at radius 2 is 1.65 bits per heavy atom. The maximum absolute atomic E-state index is 10.6. The molecule has 0 fully saturated rings. The summed E-state index contributed by atoms with van der Waals surface area (Å²) in [5.41, 5.74) is 3.28. The van der Waals surface area contributed by atoms with Gasteiger partial charge in [-0.25, -0.2) is 0 Å². The van der Waals surface area contributed by atoms with Crippen LogP contribution in [-0.4, -0.2) is 19.0 Å². The van der Waals surface area contributed by atoms with Crippen LogP contribution in [0.5, 0.6) is 0 Å². The van der Waals surface area contributed by atoms with Crippen molar-refractivity contribution in [2.45, 2.75) is 0 Å². The van der Waals surface area contributed by atoms with Crippen molar-refractivity contribution in [3.63, 3.8) is 0 Å². The Morgan fingerprint density at radius 3 is 2.25 bits per heavy atom. The number of rotatable bonds is 4. The Morgan fingerprint density at radius 1 is 1.00 bits per heavy atom. The summed E-state index contributed by atoms with van der Waals surface area (Å²) < 4.78 is 0. The largest absolute Gasteiger partial charge is 0.377 e. The molecule has 0 aromatic heterocycles. The van der Waals surface area contributed by atoms with Gasteiger partial charge >= 0.3 is 0 Å². The van der Waals surface area contributed by atoms with Crippen LogP contribution in [0.15, 0.2) is 48.5 Å². The molecule has 0 amide bonds. The first-order valence-corrected chi connectivity index (χ1v) is 6.27. The molecule has 102 valence electrons. The first-order chi connectivity index (χ1) is 9.58. The Bertz CT molecular complexity index is 631. The number of nitrogens with zero attached hydrogens (tertiary/aromatic N) is 2. The van der Waals surface area contributed by atoms with E-state index >= 15 is 0 Å². The Balaban J connectivity index is 2.23. The van der Waals surface area contributed by atoms with Gasteiger partial charge in [0.15, 0.2) is 0 Å². The Hall–Kier alpha value is -2.62. The lowest BCUT2D eigenvalue weighted by molar-refractivity contribution is -0.384. The van der Waals surface area contributed by atoms with Gasteiger partial charge in [0.2, 0.25) is 0 Å².